The topological polar surface area (TPSA) is 73.2 Å². The quantitative estimate of drug-likeness (QED) is 0.729. The first kappa shape index (κ1) is 17.9. The highest BCUT2D eigenvalue weighted by molar-refractivity contribution is 5.97. The van der Waals surface area contributed by atoms with Gasteiger partial charge in [-0.25, -0.2) is 4.98 Å². The summed E-state index contributed by atoms with van der Waals surface area (Å²) in [6.45, 7) is 1.30. The van der Waals surface area contributed by atoms with Gasteiger partial charge in [0.05, 0.1) is 23.6 Å². The van der Waals surface area contributed by atoms with E-state index in [0.717, 1.165) is 55.8 Å². The number of nitrogens with zero attached hydrogens (tertiary/aromatic N) is 2. The third kappa shape index (κ3) is 3.28. The first-order chi connectivity index (χ1) is 14.2. The van der Waals surface area contributed by atoms with Gasteiger partial charge in [0.2, 0.25) is 0 Å². The van der Waals surface area contributed by atoms with Crippen LogP contribution in [0.5, 0.6) is 5.75 Å². The molecule has 1 atom stereocenters. The summed E-state index contributed by atoms with van der Waals surface area (Å²) in [5, 5.41) is 3.69. The molecule has 2 aliphatic rings. The van der Waals surface area contributed by atoms with Gasteiger partial charge >= 0.3 is 0 Å². The molecule has 2 aliphatic heterocycles. The van der Waals surface area contributed by atoms with Gasteiger partial charge in [-0.05, 0) is 37.1 Å². The summed E-state index contributed by atoms with van der Waals surface area (Å²) in [6.07, 6.45) is 4.69. The van der Waals surface area contributed by atoms with E-state index in [-0.39, 0.29) is 17.5 Å². The van der Waals surface area contributed by atoms with E-state index in [9.17, 15) is 9.59 Å². The number of carbonyl (C=O) groups excluding carboxylic acids is 1. The summed E-state index contributed by atoms with van der Waals surface area (Å²) >= 11 is 0. The van der Waals surface area contributed by atoms with Crippen LogP contribution in [0.1, 0.15) is 53.5 Å². The average Bonchev–Trinajstić information content (AvgIpc) is 2.99. The molecule has 5 rings (SSSR count). The van der Waals surface area contributed by atoms with Crippen molar-refractivity contribution >= 4 is 16.8 Å². The zero-order chi connectivity index (χ0) is 19.8. The molecule has 6 nitrogen and oxygen atoms in total. The van der Waals surface area contributed by atoms with Gasteiger partial charge in [0.1, 0.15) is 11.6 Å². The molecule has 0 bridgehead atoms. The maximum Gasteiger partial charge on any atom is 0.261 e. The van der Waals surface area contributed by atoms with Crippen LogP contribution in [-0.2, 0) is 13.0 Å². The Labute approximate surface area is 168 Å². The van der Waals surface area contributed by atoms with E-state index >= 15 is 0 Å². The maximum absolute atomic E-state index is 12.9. The monoisotopic (exact) mass is 389 g/mol. The van der Waals surface area contributed by atoms with Crippen molar-refractivity contribution in [2.45, 2.75) is 44.7 Å². The number of aryl methyl sites for hydroxylation is 1. The molecule has 0 fully saturated rings. The Hall–Kier alpha value is -3.15. The fraction of sp³-hybridized carbons (Fsp3) is 0.348. The number of hydrogen-bond donors (Lipinski definition) is 1. The molecule has 0 aliphatic carbocycles. The zero-order valence-corrected chi connectivity index (χ0v) is 16.2. The molecule has 148 valence electrons. The molecule has 0 saturated carbocycles. The normalized spacial score (nSPS) is 18.3. The summed E-state index contributed by atoms with van der Waals surface area (Å²) < 4.78 is 7.48. The van der Waals surface area contributed by atoms with Crippen LogP contribution in [0.3, 0.4) is 0 Å². The van der Waals surface area contributed by atoms with Crippen LogP contribution in [0, 0.1) is 0 Å². The van der Waals surface area contributed by atoms with Gasteiger partial charge in [-0.1, -0.05) is 24.6 Å². The van der Waals surface area contributed by atoms with E-state index in [1.165, 1.54) is 0 Å². The van der Waals surface area contributed by atoms with Crippen LogP contribution >= 0.6 is 0 Å². The Morgan fingerprint density at radius 1 is 1.14 bits per heavy atom. The Balaban J connectivity index is 1.46. The van der Waals surface area contributed by atoms with Gasteiger partial charge < -0.3 is 10.1 Å². The van der Waals surface area contributed by atoms with E-state index in [1.807, 2.05) is 24.3 Å². The van der Waals surface area contributed by atoms with Gasteiger partial charge in [-0.15, -0.1) is 0 Å². The number of benzene rings is 2. The fourth-order valence-electron chi connectivity index (χ4n) is 4.29. The predicted molar refractivity (Wildman–Crippen MR) is 110 cm³/mol. The van der Waals surface area contributed by atoms with Gasteiger partial charge in [-0.3, -0.25) is 14.2 Å². The molecule has 2 aromatic carbocycles. The summed E-state index contributed by atoms with van der Waals surface area (Å²) in [4.78, 5) is 30.5. The second-order valence-corrected chi connectivity index (χ2v) is 7.73. The number of hydrogen-bond acceptors (Lipinski definition) is 4. The van der Waals surface area contributed by atoms with E-state index in [2.05, 4.69) is 5.32 Å². The first-order valence-corrected chi connectivity index (χ1v) is 10.3. The van der Waals surface area contributed by atoms with E-state index in [1.54, 1.807) is 22.8 Å². The lowest BCUT2D eigenvalue weighted by Gasteiger charge is -2.26. The summed E-state index contributed by atoms with van der Waals surface area (Å²) in [7, 11) is 0. The predicted octanol–water partition coefficient (Wildman–Crippen LogP) is 3.38. The first-order valence-electron chi connectivity index (χ1n) is 10.3. The number of ether oxygens (including phenoxy) is 1. The third-order valence-electron chi connectivity index (χ3n) is 5.84. The SMILES string of the molecule is O=C(N[C@H]1CCOc2ccccc21)c1ccc2c(=O)n3c(nc2c1)CCCCC3. The lowest BCUT2D eigenvalue weighted by Crippen LogP contribution is -2.32. The number of fused-ring (bicyclic) bond motifs is 3. The van der Waals surface area contributed by atoms with Crippen LogP contribution in [0.25, 0.3) is 10.9 Å². The van der Waals surface area contributed by atoms with Gasteiger partial charge in [0, 0.05) is 30.5 Å². The fourth-order valence-corrected chi connectivity index (χ4v) is 4.29. The molecule has 6 heteroatoms. The molecule has 0 saturated heterocycles. The number of rotatable bonds is 2. The Morgan fingerprint density at radius 3 is 2.97 bits per heavy atom. The minimum Gasteiger partial charge on any atom is -0.493 e. The molecular formula is C23H23N3O3. The van der Waals surface area contributed by atoms with Crippen LogP contribution in [-0.4, -0.2) is 22.1 Å². The highest BCUT2D eigenvalue weighted by Gasteiger charge is 2.23. The zero-order valence-electron chi connectivity index (χ0n) is 16.2. The van der Waals surface area contributed by atoms with Gasteiger partial charge in [0.25, 0.3) is 11.5 Å². The third-order valence-corrected chi connectivity index (χ3v) is 5.84. The molecule has 1 aromatic heterocycles. The van der Waals surface area contributed by atoms with Crippen molar-refractivity contribution in [3.05, 3.63) is 69.8 Å². The molecule has 0 radical (unpaired) electrons. The minimum atomic E-state index is -0.162. The number of para-hydroxylation sites is 1. The number of nitrogens with one attached hydrogen (secondary N) is 1. The number of aromatic nitrogens is 2. The smallest absolute Gasteiger partial charge is 0.261 e. The Morgan fingerprint density at radius 2 is 2.03 bits per heavy atom. The van der Waals surface area contributed by atoms with Crippen LogP contribution in [0.4, 0.5) is 0 Å². The standard InChI is InChI=1S/C23H23N3O3/c27-22(25-18-11-13-29-20-7-4-3-6-16(18)20)15-9-10-17-19(14-15)24-21-8-2-1-5-12-26(21)23(17)28/h3-4,6-7,9-10,14,18H,1-2,5,8,11-13H2,(H,25,27)/t18-/m0/s1. The lowest BCUT2D eigenvalue weighted by atomic mass is 10.00. The molecule has 0 unspecified atom stereocenters. The molecule has 3 heterocycles. The second kappa shape index (κ2) is 7.35. The van der Waals surface area contributed by atoms with E-state index in [0.29, 0.717) is 23.1 Å². The van der Waals surface area contributed by atoms with Crippen LogP contribution in [0.2, 0.25) is 0 Å². The van der Waals surface area contributed by atoms with E-state index in [4.69, 9.17) is 9.72 Å². The molecule has 3 aromatic rings. The minimum absolute atomic E-state index is 0.00258. The van der Waals surface area contributed by atoms with Crippen molar-refractivity contribution in [3.8, 4) is 5.75 Å². The second-order valence-electron chi connectivity index (χ2n) is 7.73. The average molecular weight is 389 g/mol. The van der Waals surface area contributed by atoms with Crippen LogP contribution in [0.15, 0.2) is 47.3 Å². The van der Waals surface area contributed by atoms with Crippen molar-refractivity contribution in [2.75, 3.05) is 6.61 Å². The van der Waals surface area contributed by atoms with Crippen molar-refractivity contribution in [1.29, 1.82) is 0 Å². The van der Waals surface area contributed by atoms with E-state index < -0.39 is 0 Å². The van der Waals surface area contributed by atoms with Crippen molar-refractivity contribution in [3.63, 3.8) is 0 Å². The Bertz CT molecular complexity index is 1150. The molecule has 1 amide bonds. The van der Waals surface area contributed by atoms with Crippen molar-refractivity contribution < 1.29 is 9.53 Å². The summed E-state index contributed by atoms with van der Waals surface area (Å²) in [5.74, 6) is 1.49. The highest BCUT2D eigenvalue weighted by Crippen LogP contribution is 2.31. The number of amides is 1. The summed E-state index contributed by atoms with van der Waals surface area (Å²) in [6, 6.07) is 12.9. The van der Waals surface area contributed by atoms with Crippen LogP contribution < -0.4 is 15.6 Å². The molecular weight excluding hydrogens is 366 g/mol. The molecule has 29 heavy (non-hydrogen) atoms. The van der Waals surface area contributed by atoms with Gasteiger partial charge in [-0.2, -0.15) is 0 Å². The van der Waals surface area contributed by atoms with Gasteiger partial charge in [0.15, 0.2) is 0 Å². The molecule has 1 N–H and O–H groups in total. The summed E-state index contributed by atoms with van der Waals surface area (Å²) in [5.41, 5.74) is 2.11. The lowest BCUT2D eigenvalue weighted by molar-refractivity contribution is 0.0925. The highest BCUT2D eigenvalue weighted by atomic mass is 16.5. The Kier molecular flexibility index (Phi) is 4.54. The largest absolute Gasteiger partial charge is 0.493 e. The van der Waals surface area contributed by atoms with Crippen molar-refractivity contribution in [1.82, 2.24) is 14.9 Å². The van der Waals surface area contributed by atoms with Crippen molar-refractivity contribution in [2.24, 2.45) is 0 Å². The maximum atomic E-state index is 12.9. The molecule has 0 spiro atoms. The number of carbonyl (C=O) groups is 1.